The van der Waals surface area contributed by atoms with E-state index in [2.05, 4.69) is 21.2 Å². The molecule has 0 radical (unpaired) electrons. The van der Waals surface area contributed by atoms with Crippen molar-refractivity contribution in [3.8, 4) is 12.3 Å². The van der Waals surface area contributed by atoms with Gasteiger partial charge >= 0.3 is 0 Å². The fourth-order valence-electron chi connectivity index (χ4n) is 2.46. The van der Waals surface area contributed by atoms with Gasteiger partial charge in [0.2, 0.25) is 0 Å². The monoisotopic (exact) mass is 331 g/mol. The van der Waals surface area contributed by atoms with Crippen LogP contribution in [-0.4, -0.2) is 29.3 Å². The van der Waals surface area contributed by atoms with E-state index in [9.17, 15) is 4.39 Å². The lowest BCUT2D eigenvalue weighted by Crippen LogP contribution is -2.37. The molecule has 1 aromatic rings. The molecule has 0 spiro atoms. The molecule has 1 atom stereocenters. The van der Waals surface area contributed by atoms with Gasteiger partial charge in [-0.1, -0.05) is 5.92 Å². The van der Waals surface area contributed by atoms with E-state index in [-0.39, 0.29) is 17.7 Å². The fraction of sp³-hybridized carbons (Fsp3) is 0.333. The number of allylic oxidation sites excluding steroid dienone is 2. The Morgan fingerprint density at radius 1 is 1.48 bits per heavy atom. The van der Waals surface area contributed by atoms with Crippen LogP contribution in [0.1, 0.15) is 18.4 Å². The molecule has 0 saturated carbocycles. The molecule has 0 amide bonds. The van der Waals surface area contributed by atoms with Gasteiger partial charge in [0.1, 0.15) is 5.83 Å². The Balaban J connectivity index is 2.29. The van der Waals surface area contributed by atoms with Crippen molar-refractivity contribution in [1.82, 2.24) is 10.3 Å². The first kappa shape index (κ1) is 17.2. The highest BCUT2D eigenvalue weighted by Crippen LogP contribution is 2.19. The van der Waals surface area contributed by atoms with E-state index in [0.29, 0.717) is 12.0 Å². The number of terminal acetylenes is 1. The summed E-state index contributed by atoms with van der Waals surface area (Å²) in [6, 6.07) is 3.54. The molecule has 1 aromatic heterocycles. The van der Waals surface area contributed by atoms with Gasteiger partial charge in [-0.3, -0.25) is 9.98 Å². The SMILES string of the molecule is C#C/C=C\C(=C(\F)CCl)C(Cc1ccncc1)NC1=NCCC1. The van der Waals surface area contributed by atoms with Crippen molar-refractivity contribution in [3.05, 3.63) is 53.6 Å². The first-order valence-corrected chi connectivity index (χ1v) is 8.04. The molecule has 0 aromatic carbocycles. The van der Waals surface area contributed by atoms with Gasteiger partial charge in [0.25, 0.3) is 0 Å². The molecule has 3 nitrogen and oxygen atoms in total. The molecule has 0 aliphatic carbocycles. The molecule has 2 heterocycles. The average molecular weight is 332 g/mol. The summed E-state index contributed by atoms with van der Waals surface area (Å²) < 4.78 is 14.3. The maximum Gasteiger partial charge on any atom is 0.120 e. The lowest BCUT2D eigenvalue weighted by molar-refractivity contribution is 0.595. The third-order valence-corrected chi connectivity index (χ3v) is 3.80. The summed E-state index contributed by atoms with van der Waals surface area (Å²) in [7, 11) is 0. The Hall–Kier alpha value is -2.12. The van der Waals surface area contributed by atoms with Gasteiger partial charge < -0.3 is 5.32 Å². The zero-order chi connectivity index (χ0) is 16.5. The predicted molar refractivity (Wildman–Crippen MR) is 93.2 cm³/mol. The Morgan fingerprint density at radius 2 is 2.26 bits per heavy atom. The van der Waals surface area contributed by atoms with Gasteiger partial charge in [-0.15, -0.1) is 18.0 Å². The lowest BCUT2D eigenvalue weighted by Gasteiger charge is -2.22. The number of aromatic nitrogens is 1. The summed E-state index contributed by atoms with van der Waals surface area (Å²) in [6.07, 6.45) is 14.3. The molecule has 0 fully saturated rings. The van der Waals surface area contributed by atoms with Crippen LogP contribution in [0, 0.1) is 12.3 Å². The van der Waals surface area contributed by atoms with Crippen molar-refractivity contribution in [2.45, 2.75) is 25.3 Å². The molecule has 1 N–H and O–H groups in total. The van der Waals surface area contributed by atoms with Crippen LogP contribution in [0.2, 0.25) is 0 Å². The fourth-order valence-corrected chi connectivity index (χ4v) is 2.62. The highest BCUT2D eigenvalue weighted by atomic mass is 35.5. The van der Waals surface area contributed by atoms with Crippen LogP contribution in [0.25, 0.3) is 0 Å². The Morgan fingerprint density at radius 3 is 2.87 bits per heavy atom. The highest BCUT2D eigenvalue weighted by molar-refractivity contribution is 6.19. The number of alkyl halides is 1. The molecule has 23 heavy (non-hydrogen) atoms. The van der Waals surface area contributed by atoms with Crippen LogP contribution in [-0.2, 0) is 6.42 Å². The largest absolute Gasteiger partial charge is 0.367 e. The van der Waals surface area contributed by atoms with E-state index in [1.807, 2.05) is 12.1 Å². The second-order valence-corrected chi connectivity index (χ2v) is 5.45. The summed E-state index contributed by atoms with van der Waals surface area (Å²) in [6.45, 7) is 0.807. The van der Waals surface area contributed by atoms with Gasteiger partial charge in [-0.25, -0.2) is 4.39 Å². The second kappa shape index (κ2) is 9.12. The zero-order valence-corrected chi connectivity index (χ0v) is 13.6. The second-order valence-electron chi connectivity index (χ2n) is 5.18. The summed E-state index contributed by atoms with van der Waals surface area (Å²) in [4.78, 5) is 8.43. The number of nitrogens with one attached hydrogen (secondary N) is 1. The smallest absolute Gasteiger partial charge is 0.120 e. The maximum absolute atomic E-state index is 14.3. The van der Waals surface area contributed by atoms with Crippen molar-refractivity contribution in [2.24, 2.45) is 4.99 Å². The summed E-state index contributed by atoms with van der Waals surface area (Å²) in [5.41, 5.74) is 1.51. The Bertz CT molecular complexity index is 644. The zero-order valence-electron chi connectivity index (χ0n) is 12.8. The van der Waals surface area contributed by atoms with Gasteiger partial charge in [0.15, 0.2) is 0 Å². The lowest BCUT2D eigenvalue weighted by atomic mass is 9.98. The summed E-state index contributed by atoms with van der Waals surface area (Å²) in [5, 5.41) is 3.34. The molecule has 1 unspecified atom stereocenters. The minimum absolute atomic E-state index is 0.189. The number of hydrogen-bond acceptors (Lipinski definition) is 3. The van der Waals surface area contributed by atoms with Crippen molar-refractivity contribution in [1.29, 1.82) is 0 Å². The predicted octanol–water partition coefficient (Wildman–Crippen LogP) is 3.43. The van der Waals surface area contributed by atoms with E-state index in [1.54, 1.807) is 18.5 Å². The number of hydrogen-bond donors (Lipinski definition) is 1. The van der Waals surface area contributed by atoms with Crippen LogP contribution in [0.15, 0.2) is 53.1 Å². The first-order valence-electron chi connectivity index (χ1n) is 7.50. The average Bonchev–Trinajstić information content (AvgIpc) is 3.08. The number of pyridine rings is 1. The molecule has 2 rings (SSSR count). The van der Waals surface area contributed by atoms with E-state index < -0.39 is 0 Å². The molecule has 0 saturated heterocycles. The van der Waals surface area contributed by atoms with Gasteiger partial charge in [0.05, 0.1) is 17.8 Å². The molecule has 1 aliphatic heterocycles. The Kier molecular flexibility index (Phi) is 6.83. The van der Waals surface area contributed by atoms with Crippen LogP contribution in [0.5, 0.6) is 0 Å². The Labute approximate surface area is 141 Å². The number of rotatable bonds is 6. The minimum Gasteiger partial charge on any atom is -0.367 e. The van der Waals surface area contributed by atoms with Gasteiger partial charge in [-0.05, 0) is 42.7 Å². The molecular formula is C18H19ClFN3. The summed E-state index contributed by atoms with van der Waals surface area (Å²) in [5.74, 6) is 2.72. The third-order valence-electron chi connectivity index (χ3n) is 3.57. The number of amidine groups is 1. The van der Waals surface area contributed by atoms with Crippen molar-refractivity contribution < 1.29 is 4.39 Å². The van der Waals surface area contributed by atoms with Crippen molar-refractivity contribution >= 4 is 17.4 Å². The standard InChI is InChI=1S/C18H19ClFN3/c1-2-3-5-15(16(20)13-19)17(23-18-6-4-9-22-18)12-14-7-10-21-11-8-14/h1,3,5,7-8,10-11,17H,4,6,9,12-13H2,(H,22,23)/b5-3-,16-15-. The molecule has 5 heteroatoms. The quantitative estimate of drug-likeness (QED) is 0.492. The van der Waals surface area contributed by atoms with Crippen LogP contribution in [0.3, 0.4) is 0 Å². The van der Waals surface area contributed by atoms with E-state index in [1.165, 1.54) is 6.08 Å². The van der Waals surface area contributed by atoms with Gasteiger partial charge in [0, 0.05) is 30.9 Å². The highest BCUT2D eigenvalue weighted by Gasteiger charge is 2.20. The number of nitrogens with zero attached hydrogens (tertiary/aromatic N) is 2. The van der Waals surface area contributed by atoms with Crippen LogP contribution >= 0.6 is 11.6 Å². The third kappa shape index (κ3) is 5.22. The van der Waals surface area contributed by atoms with E-state index >= 15 is 0 Å². The maximum atomic E-state index is 14.3. The molecule has 1 aliphatic rings. The molecule has 0 bridgehead atoms. The first-order chi connectivity index (χ1) is 11.2. The van der Waals surface area contributed by atoms with Crippen LogP contribution < -0.4 is 5.32 Å². The van der Waals surface area contributed by atoms with Crippen molar-refractivity contribution in [2.75, 3.05) is 12.4 Å². The van der Waals surface area contributed by atoms with E-state index in [0.717, 1.165) is 30.8 Å². The molecule has 120 valence electrons. The van der Waals surface area contributed by atoms with Crippen molar-refractivity contribution in [3.63, 3.8) is 0 Å². The topological polar surface area (TPSA) is 37.3 Å². The molecular weight excluding hydrogens is 313 g/mol. The van der Waals surface area contributed by atoms with E-state index in [4.69, 9.17) is 18.0 Å². The van der Waals surface area contributed by atoms with Gasteiger partial charge in [-0.2, -0.15) is 0 Å². The number of aliphatic imine (C=N–C) groups is 1. The normalized spacial score (nSPS) is 16.7. The summed E-state index contributed by atoms with van der Waals surface area (Å²) >= 11 is 5.70. The number of halogens is 2. The minimum atomic E-state index is -0.386. The van der Waals surface area contributed by atoms with Crippen LogP contribution in [0.4, 0.5) is 4.39 Å².